The zero-order valence-corrected chi connectivity index (χ0v) is 17.1. The number of nitrogens with two attached hydrogens (primary N) is 1. The summed E-state index contributed by atoms with van der Waals surface area (Å²) in [4.78, 5) is 16.6. The molecule has 1 aliphatic carbocycles. The Bertz CT molecular complexity index is 906. The van der Waals surface area contributed by atoms with E-state index in [-0.39, 0.29) is 17.7 Å². The smallest absolute Gasteiger partial charge is 0.282 e. The molecule has 4 rings (SSSR count). The van der Waals surface area contributed by atoms with Gasteiger partial charge in [0.1, 0.15) is 12.4 Å². The number of aromatic hydroxyl groups is 1. The van der Waals surface area contributed by atoms with Gasteiger partial charge >= 0.3 is 0 Å². The van der Waals surface area contributed by atoms with E-state index in [1.807, 2.05) is 0 Å². The molecule has 0 spiro atoms. The molecule has 6 heteroatoms. The zero-order chi connectivity index (χ0) is 20.9. The molecule has 1 amide bonds. The van der Waals surface area contributed by atoms with Crippen LogP contribution < -0.4 is 11.1 Å². The fraction of sp³-hybridized carbons (Fsp3) is 0.417. The van der Waals surface area contributed by atoms with Crippen molar-refractivity contribution in [2.24, 2.45) is 16.6 Å². The fourth-order valence-corrected chi connectivity index (χ4v) is 4.12. The van der Waals surface area contributed by atoms with E-state index in [1.165, 1.54) is 30.0 Å². The van der Waals surface area contributed by atoms with E-state index in [1.54, 1.807) is 18.2 Å². The molecule has 0 radical (unpaired) electrons. The number of para-hydroxylation sites is 1. The van der Waals surface area contributed by atoms with Crippen LogP contribution in [0.15, 0.2) is 53.5 Å². The summed E-state index contributed by atoms with van der Waals surface area (Å²) in [6.45, 7) is 1.18. The monoisotopic (exact) mass is 407 g/mol. The Hall–Kier alpha value is -3.02. The number of carbonyl (C=O) groups excluding carboxylic acids is 1. The number of rotatable bonds is 9. The SMILES string of the molecule is NC1=NC(CCc2ccc(C(CCNC(=O)c3ccccc3O)C3CC3)cc2)CO1. The lowest BCUT2D eigenvalue weighted by Crippen LogP contribution is -2.26. The highest BCUT2D eigenvalue weighted by molar-refractivity contribution is 5.96. The first-order chi connectivity index (χ1) is 14.6. The van der Waals surface area contributed by atoms with Gasteiger partial charge in [0.15, 0.2) is 0 Å². The molecule has 2 aromatic carbocycles. The second kappa shape index (κ2) is 9.20. The van der Waals surface area contributed by atoms with Gasteiger partial charge in [0.05, 0.1) is 11.6 Å². The third kappa shape index (κ3) is 5.12. The van der Waals surface area contributed by atoms with Crippen LogP contribution in [0.4, 0.5) is 0 Å². The third-order valence-electron chi connectivity index (χ3n) is 5.99. The summed E-state index contributed by atoms with van der Waals surface area (Å²) in [6, 6.07) is 16.0. The van der Waals surface area contributed by atoms with Crippen molar-refractivity contribution < 1.29 is 14.6 Å². The Balaban J connectivity index is 1.29. The first-order valence-corrected chi connectivity index (χ1v) is 10.7. The van der Waals surface area contributed by atoms with Gasteiger partial charge in [-0.1, -0.05) is 36.4 Å². The lowest BCUT2D eigenvalue weighted by Gasteiger charge is -2.18. The number of benzene rings is 2. The summed E-state index contributed by atoms with van der Waals surface area (Å²) in [5.41, 5.74) is 8.52. The Morgan fingerprint density at radius 2 is 1.97 bits per heavy atom. The molecular formula is C24H29N3O3. The maximum atomic E-state index is 12.3. The van der Waals surface area contributed by atoms with E-state index in [2.05, 4.69) is 34.6 Å². The molecule has 2 unspecified atom stereocenters. The average molecular weight is 408 g/mol. The largest absolute Gasteiger partial charge is 0.507 e. The number of nitrogens with one attached hydrogen (secondary N) is 1. The number of phenols is 1. The molecular weight excluding hydrogens is 378 g/mol. The molecule has 2 aromatic rings. The first kappa shape index (κ1) is 20.3. The highest BCUT2D eigenvalue weighted by atomic mass is 16.5. The molecule has 0 saturated heterocycles. The summed E-state index contributed by atoms with van der Waals surface area (Å²) in [5, 5.41) is 12.8. The van der Waals surface area contributed by atoms with E-state index in [0.29, 0.717) is 36.6 Å². The fourth-order valence-electron chi connectivity index (χ4n) is 4.12. The van der Waals surface area contributed by atoms with Crippen molar-refractivity contribution in [1.82, 2.24) is 5.32 Å². The number of ether oxygens (including phenoxy) is 1. The highest BCUT2D eigenvalue weighted by Crippen LogP contribution is 2.44. The lowest BCUT2D eigenvalue weighted by atomic mass is 9.90. The number of aryl methyl sites for hydroxylation is 1. The van der Waals surface area contributed by atoms with Gasteiger partial charge in [0.2, 0.25) is 0 Å². The Morgan fingerprint density at radius 3 is 2.63 bits per heavy atom. The van der Waals surface area contributed by atoms with Crippen molar-refractivity contribution in [3.05, 3.63) is 65.2 Å². The maximum absolute atomic E-state index is 12.3. The number of amidine groups is 1. The molecule has 1 aliphatic heterocycles. The van der Waals surface area contributed by atoms with Gasteiger partial charge in [0.25, 0.3) is 11.9 Å². The molecule has 4 N–H and O–H groups in total. The van der Waals surface area contributed by atoms with Crippen LogP contribution in [-0.4, -0.2) is 36.2 Å². The molecule has 30 heavy (non-hydrogen) atoms. The van der Waals surface area contributed by atoms with Crippen molar-refractivity contribution in [3.8, 4) is 5.75 Å². The number of nitrogens with zero attached hydrogens (tertiary/aromatic N) is 1. The molecule has 1 fully saturated rings. The van der Waals surface area contributed by atoms with Crippen LogP contribution in [0.5, 0.6) is 5.75 Å². The molecule has 158 valence electrons. The van der Waals surface area contributed by atoms with E-state index >= 15 is 0 Å². The van der Waals surface area contributed by atoms with E-state index < -0.39 is 0 Å². The Kier molecular flexibility index (Phi) is 6.21. The van der Waals surface area contributed by atoms with E-state index in [9.17, 15) is 9.90 Å². The predicted octanol–water partition coefficient (Wildman–Crippen LogP) is 3.35. The van der Waals surface area contributed by atoms with Gasteiger partial charge in [0, 0.05) is 6.54 Å². The quantitative estimate of drug-likeness (QED) is 0.594. The van der Waals surface area contributed by atoms with Crippen molar-refractivity contribution in [3.63, 3.8) is 0 Å². The predicted molar refractivity (Wildman–Crippen MR) is 117 cm³/mol. The van der Waals surface area contributed by atoms with Gasteiger partial charge in [-0.15, -0.1) is 0 Å². The van der Waals surface area contributed by atoms with Crippen LogP contribution >= 0.6 is 0 Å². The first-order valence-electron chi connectivity index (χ1n) is 10.7. The van der Waals surface area contributed by atoms with Gasteiger partial charge in [-0.2, -0.15) is 0 Å². The van der Waals surface area contributed by atoms with Gasteiger partial charge < -0.3 is 20.9 Å². The number of hydrogen-bond acceptors (Lipinski definition) is 5. The number of hydrogen-bond donors (Lipinski definition) is 3. The summed E-state index contributed by atoms with van der Waals surface area (Å²) in [5.74, 6) is 0.946. The summed E-state index contributed by atoms with van der Waals surface area (Å²) < 4.78 is 5.21. The summed E-state index contributed by atoms with van der Waals surface area (Å²) in [6.07, 6.45) is 5.29. The molecule has 0 aromatic heterocycles. The topological polar surface area (TPSA) is 96.9 Å². The van der Waals surface area contributed by atoms with Crippen molar-refractivity contribution in [1.29, 1.82) is 0 Å². The summed E-state index contributed by atoms with van der Waals surface area (Å²) in [7, 11) is 0. The minimum Gasteiger partial charge on any atom is -0.507 e. The maximum Gasteiger partial charge on any atom is 0.282 e. The molecule has 0 bridgehead atoms. The van der Waals surface area contributed by atoms with Gasteiger partial charge in [-0.25, -0.2) is 4.99 Å². The van der Waals surface area contributed by atoms with Crippen LogP contribution in [0.1, 0.15) is 53.1 Å². The molecule has 2 atom stereocenters. The number of aliphatic imine (C=N–C) groups is 1. The number of amides is 1. The normalized spacial score (nSPS) is 19.1. The second-order valence-electron chi connectivity index (χ2n) is 8.22. The zero-order valence-electron chi connectivity index (χ0n) is 17.1. The van der Waals surface area contributed by atoms with Crippen LogP contribution in [0.25, 0.3) is 0 Å². The van der Waals surface area contributed by atoms with Gasteiger partial charge in [-0.05, 0) is 67.2 Å². The van der Waals surface area contributed by atoms with Crippen LogP contribution in [0.3, 0.4) is 0 Å². The lowest BCUT2D eigenvalue weighted by molar-refractivity contribution is 0.0949. The third-order valence-corrected chi connectivity index (χ3v) is 5.99. The van der Waals surface area contributed by atoms with Gasteiger partial charge in [-0.3, -0.25) is 4.79 Å². The van der Waals surface area contributed by atoms with Crippen molar-refractivity contribution in [2.45, 2.75) is 44.1 Å². The number of phenolic OH excluding ortho intramolecular Hbond substituents is 1. The molecule has 2 aliphatic rings. The van der Waals surface area contributed by atoms with E-state index in [4.69, 9.17) is 10.5 Å². The highest BCUT2D eigenvalue weighted by Gasteiger charge is 2.32. The Labute approximate surface area is 177 Å². The molecule has 1 saturated carbocycles. The molecule has 6 nitrogen and oxygen atoms in total. The Morgan fingerprint density at radius 1 is 1.20 bits per heavy atom. The standard InChI is InChI=1S/C24H29N3O3/c25-24-27-19(15-30-24)12-7-16-5-8-17(9-6-16)20(18-10-11-18)13-14-26-23(29)21-3-1-2-4-22(21)28/h1-6,8-9,18-20,28H,7,10-15H2,(H2,25,27)(H,26,29). The minimum atomic E-state index is -0.225. The van der Waals surface area contributed by atoms with Crippen molar-refractivity contribution >= 4 is 11.9 Å². The van der Waals surface area contributed by atoms with Crippen LogP contribution in [-0.2, 0) is 11.2 Å². The second-order valence-corrected chi connectivity index (χ2v) is 8.22. The number of carbonyl (C=O) groups is 1. The molecule has 1 heterocycles. The average Bonchev–Trinajstić information content (AvgIpc) is 3.51. The van der Waals surface area contributed by atoms with Crippen molar-refractivity contribution in [2.75, 3.05) is 13.2 Å². The van der Waals surface area contributed by atoms with Crippen LogP contribution in [0.2, 0.25) is 0 Å². The summed E-state index contributed by atoms with van der Waals surface area (Å²) >= 11 is 0. The van der Waals surface area contributed by atoms with E-state index in [0.717, 1.165) is 19.3 Å². The van der Waals surface area contributed by atoms with Crippen LogP contribution in [0, 0.1) is 5.92 Å². The minimum absolute atomic E-state index is 0.0156.